The lowest BCUT2D eigenvalue weighted by Crippen LogP contribution is -2.30. The highest BCUT2D eigenvalue weighted by Crippen LogP contribution is 2.32. The zero-order valence-corrected chi connectivity index (χ0v) is 16.7. The zero-order chi connectivity index (χ0) is 20.2. The fourth-order valence-corrected chi connectivity index (χ4v) is 3.57. The van der Waals surface area contributed by atoms with Gasteiger partial charge in [0.25, 0.3) is 0 Å². The summed E-state index contributed by atoms with van der Waals surface area (Å²) in [6.07, 6.45) is 0. The number of fused-ring (bicyclic) bond motifs is 1. The van der Waals surface area contributed by atoms with E-state index >= 15 is 0 Å². The number of hydrogen-bond acceptors (Lipinski definition) is 8. The minimum atomic E-state index is -0.382. The summed E-state index contributed by atoms with van der Waals surface area (Å²) in [5, 5.41) is 14.9. The molecule has 1 amide bonds. The fourth-order valence-electron chi connectivity index (χ4n) is 2.73. The van der Waals surface area contributed by atoms with Crippen LogP contribution in [0.2, 0.25) is 0 Å². The third-order valence-electron chi connectivity index (χ3n) is 4.31. The molecule has 10 heteroatoms. The van der Waals surface area contributed by atoms with E-state index in [0.29, 0.717) is 17.5 Å². The molecule has 0 radical (unpaired) electrons. The van der Waals surface area contributed by atoms with Gasteiger partial charge in [0.05, 0.1) is 18.0 Å². The third kappa shape index (κ3) is 4.27. The third-order valence-corrected chi connectivity index (χ3v) is 5.35. The molecule has 9 nitrogen and oxygen atoms in total. The van der Waals surface area contributed by atoms with Gasteiger partial charge in [-0.2, -0.15) is 4.68 Å². The number of carbonyl (C=O) groups excluding carboxylic acids is 1. The first-order valence-corrected chi connectivity index (χ1v) is 9.77. The summed E-state index contributed by atoms with van der Waals surface area (Å²) in [5.41, 5.74) is 1.72. The minimum Gasteiger partial charge on any atom is -0.497 e. The molecule has 2 heterocycles. The molecular weight excluding hydrogens is 394 g/mol. The van der Waals surface area contributed by atoms with Crippen LogP contribution in [0.4, 0.5) is 0 Å². The molecule has 29 heavy (non-hydrogen) atoms. The lowest BCUT2D eigenvalue weighted by atomic mass is 10.2. The SMILES string of the molecule is COc1ccc(-n2nnnc2S[C@@H](C)C(=O)NCc2ccc3c(c2)OCO3)cc1. The van der Waals surface area contributed by atoms with Crippen LogP contribution in [0.25, 0.3) is 5.69 Å². The Hall–Kier alpha value is -3.27. The van der Waals surface area contributed by atoms with Gasteiger partial charge in [0, 0.05) is 6.54 Å². The number of hydrogen-bond donors (Lipinski definition) is 1. The zero-order valence-electron chi connectivity index (χ0n) is 15.9. The van der Waals surface area contributed by atoms with Crippen LogP contribution in [0.1, 0.15) is 12.5 Å². The number of rotatable bonds is 7. The summed E-state index contributed by atoms with van der Waals surface area (Å²) in [6.45, 7) is 2.43. The quantitative estimate of drug-likeness (QED) is 0.589. The molecule has 1 aliphatic heterocycles. The molecule has 0 unspecified atom stereocenters. The van der Waals surface area contributed by atoms with Gasteiger partial charge in [-0.3, -0.25) is 4.79 Å². The van der Waals surface area contributed by atoms with E-state index in [1.54, 1.807) is 11.8 Å². The van der Waals surface area contributed by atoms with Gasteiger partial charge in [-0.15, -0.1) is 5.10 Å². The molecule has 2 aromatic carbocycles. The summed E-state index contributed by atoms with van der Waals surface area (Å²) in [5.74, 6) is 2.04. The second kappa shape index (κ2) is 8.39. The first-order chi connectivity index (χ1) is 14.1. The van der Waals surface area contributed by atoms with Gasteiger partial charge in [-0.05, 0) is 59.3 Å². The van der Waals surface area contributed by atoms with Gasteiger partial charge >= 0.3 is 0 Å². The van der Waals surface area contributed by atoms with E-state index in [2.05, 4.69) is 20.8 Å². The number of ether oxygens (including phenoxy) is 3. The van der Waals surface area contributed by atoms with Gasteiger partial charge in [0.1, 0.15) is 5.75 Å². The van der Waals surface area contributed by atoms with Crippen LogP contribution in [-0.4, -0.2) is 45.3 Å². The molecule has 0 saturated carbocycles. The predicted octanol–water partition coefficient (Wildman–Crippen LogP) is 2.20. The molecule has 1 aliphatic rings. The largest absolute Gasteiger partial charge is 0.497 e. The Balaban J connectivity index is 1.37. The number of thioether (sulfide) groups is 1. The van der Waals surface area contributed by atoms with Gasteiger partial charge in [0.2, 0.25) is 17.9 Å². The summed E-state index contributed by atoms with van der Waals surface area (Å²) in [4.78, 5) is 12.5. The van der Waals surface area contributed by atoms with Crippen LogP contribution in [0.3, 0.4) is 0 Å². The number of methoxy groups -OCH3 is 1. The Morgan fingerprint density at radius 3 is 2.83 bits per heavy atom. The van der Waals surface area contributed by atoms with Crippen molar-refractivity contribution in [3.05, 3.63) is 48.0 Å². The molecule has 1 aromatic heterocycles. The normalized spacial score (nSPS) is 13.2. The van der Waals surface area contributed by atoms with E-state index in [0.717, 1.165) is 22.7 Å². The Labute approximate surface area is 171 Å². The molecule has 1 N–H and O–H groups in total. The maximum absolute atomic E-state index is 12.5. The number of carbonyl (C=O) groups is 1. The molecule has 0 spiro atoms. The molecule has 0 bridgehead atoms. The molecule has 0 saturated heterocycles. The second-order valence-corrected chi connectivity index (χ2v) is 7.54. The van der Waals surface area contributed by atoms with Crippen LogP contribution in [-0.2, 0) is 11.3 Å². The smallest absolute Gasteiger partial charge is 0.233 e. The number of aromatic nitrogens is 4. The first kappa shape index (κ1) is 19.1. The molecule has 4 rings (SSSR count). The van der Waals surface area contributed by atoms with E-state index < -0.39 is 0 Å². The highest BCUT2D eigenvalue weighted by atomic mass is 32.2. The lowest BCUT2D eigenvalue weighted by Gasteiger charge is -2.12. The standard InChI is InChI=1S/C19H19N5O4S/c1-12(18(25)20-10-13-3-8-16-17(9-13)28-11-27-16)29-19-21-22-23-24(19)14-4-6-15(26-2)7-5-14/h3-9,12H,10-11H2,1-2H3,(H,20,25)/t12-/m0/s1. The second-order valence-electron chi connectivity index (χ2n) is 6.24. The van der Waals surface area contributed by atoms with Gasteiger partial charge in [0.15, 0.2) is 11.5 Å². The van der Waals surface area contributed by atoms with Gasteiger partial charge in [-0.1, -0.05) is 17.8 Å². The monoisotopic (exact) mass is 413 g/mol. The number of benzene rings is 2. The van der Waals surface area contributed by atoms with Gasteiger partial charge in [-0.25, -0.2) is 0 Å². The maximum atomic E-state index is 12.5. The summed E-state index contributed by atoms with van der Waals surface area (Å²) >= 11 is 1.28. The lowest BCUT2D eigenvalue weighted by molar-refractivity contribution is -0.120. The molecule has 3 aromatic rings. The van der Waals surface area contributed by atoms with Crippen molar-refractivity contribution >= 4 is 17.7 Å². The summed E-state index contributed by atoms with van der Waals surface area (Å²) in [6, 6.07) is 13.0. The van der Waals surface area contributed by atoms with Crippen molar-refractivity contribution in [1.29, 1.82) is 0 Å². The Kier molecular flexibility index (Phi) is 5.52. The van der Waals surface area contributed by atoms with E-state index in [4.69, 9.17) is 14.2 Å². The van der Waals surface area contributed by atoms with Crippen molar-refractivity contribution in [2.45, 2.75) is 23.9 Å². The Morgan fingerprint density at radius 2 is 2.03 bits per heavy atom. The van der Waals surface area contributed by atoms with E-state index in [9.17, 15) is 4.79 Å². The molecular formula is C19H19N5O4S. The van der Waals surface area contributed by atoms with Crippen molar-refractivity contribution in [3.63, 3.8) is 0 Å². The van der Waals surface area contributed by atoms with E-state index in [1.807, 2.05) is 49.4 Å². The van der Waals surface area contributed by atoms with Crippen molar-refractivity contribution in [1.82, 2.24) is 25.5 Å². The molecule has 0 fully saturated rings. The molecule has 0 aliphatic carbocycles. The minimum absolute atomic E-state index is 0.114. The summed E-state index contributed by atoms with van der Waals surface area (Å²) < 4.78 is 17.4. The number of nitrogens with zero attached hydrogens (tertiary/aromatic N) is 4. The van der Waals surface area contributed by atoms with Gasteiger partial charge < -0.3 is 19.5 Å². The fraction of sp³-hybridized carbons (Fsp3) is 0.263. The average Bonchev–Trinajstić information content (AvgIpc) is 3.41. The molecule has 1 atom stereocenters. The van der Waals surface area contributed by atoms with Crippen LogP contribution in [0, 0.1) is 0 Å². The van der Waals surface area contributed by atoms with Crippen LogP contribution >= 0.6 is 11.8 Å². The Morgan fingerprint density at radius 1 is 1.24 bits per heavy atom. The van der Waals surface area contributed by atoms with Crippen LogP contribution in [0.5, 0.6) is 17.2 Å². The highest BCUT2D eigenvalue weighted by molar-refractivity contribution is 8.00. The Bertz CT molecular complexity index is 1010. The first-order valence-electron chi connectivity index (χ1n) is 8.90. The van der Waals surface area contributed by atoms with Crippen molar-refractivity contribution in [3.8, 4) is 22.9 Å². The van der Waals surface area contributed by atoms with E-state index in [1.165, 1.54) is 11.8 Å². The average molecular weight is 413 g/mol. The molecule has 150 valence electrons. The van der Waals surface area contributed by atoms with Crippen molar-refractivity contribution in [2.24, 2.45) is 0 Å². The van der Waals surface area contributed by atoms with E-state index in [-0.39, 0.29) is 18.0 Å². The van der Waals surface area contributed by atoms with Crippen molar-refractivity contribution in [2.75, 3.05) is 13.9 Å². The number of nitrogens with one attached hydrogen (secondary N) is 1. The highest BCUT2D eigenvalue weighted by Gasteiger charge is 2.20. The predicted molar refractivity (Wildman–Crippen MR) is 105 cm³/mol. The maximum Gasteiger partial charge on any atom is 0.233 e. The van der Waals surface area contributed by atoms with Crippen molar-refractivity contribution < 1.29 is 19.0 Å². The summed E-state index contributed by atoms with van der Waals surface area (Å²) in [7, 11) is 1.61. The van der Waals surface area contributed by atoms with Crippen LogP contribution < -0.4 is 19.5 Å². The topological polar surface area (TPSA) is 100 Å². The number of amides is 1. The van der Waals surface area contributed by atoms with Crippen LogP contribution in [0.15, 0.2) is 47.6 Å². The number of tetrazole rings is 1.